The van der Waals surface area contributed by atoms with E-state index >= 15 is 0 Å². The molecule has 0 aliphatic carbocycles. The lowest BCUT2D eigenvalue weighted by Gasteiger charge is -2.37. The van der Waals surface area contributed by atoms with Gasteiger partial charge in [-0.1, -0.05) is 36.4 Å². The first-order chi connectivity index (χ1) is 14.3. The molecule has 3 aromatic rings. The maximum atomic E-state index is 10.1. The number of aromatic nitrogens is 1. The van der Waals surface area contributed by atoms with Crippen molar-refractivity contribution in [2.24, 2.45) is 4.99 Å². The molecular formula is C23H28IN5O. The van der Waals surface area contributed by atoms with E-state index in [1.54, 1.807) is 6.07 Å². The fourth-order valence-electron chi connectivity index (χ4n) is 3.77. The van der Waals surface area contributed by atoms with E-state index < -0.39 is 0 Å². The Labute approximate surface area is 194 Å². The van der Waals surface area contributed by atoms with Crippen molar-refractivity contribution in [2.45, 2.75) is 13.5 Å². The van der Waals surface area contributed by atoms with Crippen LogP contribution in [0.1, 0.15) is 12.5 Å². The molecule has 0 bridgehead atoms. The van der Waals surface area contributed by atoms with E-state index in [1.807, 2.05) is 30.5 Å². The molecule has 6 nitrogen and oxygen atoms in total. The van der Waals surface area contributed by atoms with Crippen LogP contribution < -0.4 is 10.2 Å². The molecule has 4 rings (SSSR count). The highest BCUT2D eigenvalue weighted by molar-refractivity contribution is 14.0. The van der Waals surface area contributed by atoms with Crippen molar-refractivity contribution in [3.05, 3.63) is 66.4 Å². The van der Waals surface area contributed by atoms with Gasteiger partial charge in [-0.15, -0.1) is 24.0 Å². The number of piperazine rings is 1. The van der Waals surface area contributed by atoms with Crippen molar-refractivity contribution in [3.8, 4) is 5.75 Å². The molecular weight excluding hydrogens is 489 g/mol. The molecule has 0 atom stereocenters. The summed E-state index contributed by atoms with van der Waals surface area (Å²) in [6.45, 7) is 6.91. The Balaban J connectivity index is 0.00000256. The lowest BCUT2D eigenvalue weighted by atomic mass is 10.1. The van der Waals surface area contributed by atoms with Crippen LogP contribution in [-0.2, 0) is 6.54 Å². The lowest BCUT2D eigenvalue weighted by Crippen LogP contribution is -2.52. The quantitative estimate of drug-likeness (QED) is 0.313. The van der Waals surface area contributed by atoms with Crippen molar-refractivity contribution in [3.63, 3.8) is 0 Å². The molecule has 30 heavy (non-hydrogen) atoms. The fraction of sp³-hybridized carbons (Fsp3) is 0.304. The standard InChI is InChI=1S/C23H27N5O.HI/c1-2-24-23(26-17-19-8-5-7-18-9-6-12-25-22(18)19)28-15-13-27(14-16-28)20-10-3-4-11-21(20)29;/h3-12,29H,2,13-17H2,1H3,(H,24,26);1H. The number of nitrogens with one attached hydrogen (secondary N) is 1. The number of hydrogen-bond acceptors (Lipinski definition) is 4. The number of aromatic hydroxyl groups is 1. The number of aliphatic imine (C=N–C) groups is 1. The first kappa shape index (κ1) is 22.1. The van der Waals surface area contributed by atoms with Gasteiger partial charge >= 0.3 is 0 Å². The molecule has 7 heteroatoms. The van der Waals surface area contributed by atoms with E-state index in [9.17, 15) is 5.11 Å². The predicted octanol–water partition coefficient (Wildman–Crippen LogP) is 3.85. The summed E-state index contributed by atoms with van der Waals surface area (Å²) < 4.78 is 0. The number of anilines is 1. The second-order valence-electron chi connectivity index (χ2n) is 7.13. The predicted molar refractivity (Wildman–Crippen MR) is 134 cm³/mol. The lowest BCUT2D eigenvalue weighted by molar-refractivity contribution is 0.370. The Morgan fingerprint density at radius 3 is 2.57 bits per heavy atom. The minimum atomic E-state index is 0. The van der Waals surface area contributed by atoms with Crippen molar-refractivity contribution >= 4 is 46.5 Å². The van der Waals surface area contributed by atoms with Gasteiger partial charge in [-0.3, -0.25) is 4.98 Å². The van der Waals surface area contributed by atoms with Gasteiger partial charge in [0.15, 0.2) is 5.96 Å². The molecule has 1 aliphatic heterocycles. The van der Waals surface area contributed by atoms with Crippen LogP contribution in [0, 0.1) is 0 Å². The molecule has 0 spiro atoms. The third-order valence-corrected chi connectivity index (χ3v) is 5.25. The number of fused-ring (bicyclic) bond motifs is 1. The van der Waals surface area contributed by atoms with Crippen LogP contribution >= 0.6 is 24.0 Å². The second kappa shape index (κ2) is 10.5. The average molecular weight is 517 g/mol. The van der Waals surface area contributed by atoms with Gasteiger partial charge in [0.1, 0.15) is 5.75 Å². The van der Waals surface area contributed by atoms with Crippen LogP contribution in [0.5, 0.6) is 5.75 Å². The number of para-hydroxylation sites is 3. The van der Waals surface area contributed by atoms with Crippen LogP contribution in [0.2, 0.25) is 0 Å². The SMILES string of the molecule is CCNC(=NCc1cccc2cccnc12)N1CCN(c2ccccc2O)CC1.I. The molecule has 0 unspecified atom stereocenters. The summed E-state index contributed by atoms with van der Waals surface area (Å²) in [5.74, 6) is 1.27. The number of benzene rings is 2. The topological polar surface area (TPSA) is 64.0 Å². The maximum absolute atomic E-state index is 10.1. The largest absolute Gasteiger partial charge is 0.506 e. The zero-order chi connectivity index (χ0) is 20.1. The van der Waals surface area contributed by atoms with E-state index in [0.717, 1.165) is 60.8 Å². The number of rotatable bonds is 4. The molecule has 2 N–H and O–H groups in total. The van der Waals surface area contributed by atoms with E-state index in [-0.39, 0.29) is 24.0 Å². The number of nitrogens with zero attached hydrogens (tertiary/aromatic N) is 4. The summed E-state index contributed by atoms with van der Waals surface area (Å²) in [4.78, 5) is 13.9. The highest BCUT2D eigenvalue weighted by Gasteiger charge is 2.21. The summed E-state index contributed by atoms with van der Waals surface area (Å²) in [7, 11) is 0. The second-order valence-corrected chi connectivity index (χ2v) is 7.13. The van der Waals surface area contributed by atoms with Gasteiger partial charge in [0.05, 0.1) is 17.7 Å². The van der Waals surface area contributed by atoms with Gasteiger partial charge in [-0.05, 0) is 30.7 Å². The van der Waals surface area contributed by atoms with Crippen LogP contribution in [0.15, 0.2) is 65.8 Å². The normalized spacial score (nSPS) is 14.5. The summed E-state index contributed by atoms with van der Waals surface area (Å²) >= 11 is 0. The van der Waals surface area contributed by atoms with Gasteiger partial charge in [-0.25, -0.2) is 4.99 Å². The molecule has 1 aliphatic rings. The number of hydrogen-bond donors (Lipinski definition) is 2. The summed E-state index contributed by atoms with van der Waals surface area (Å²) in [6, 6.07) is 17.8. The molecule has 1 fully saturated rings. The van der Waals surface area contributed by atoms with Gasteiger partial charge in [0, 0.05) is 44.3 Å². The molecule has 2 heterocycles. The Morgan fingerprint density at radius 1 is 1.03 bits per heavy atom. The molecule has 0 amide bonds. The van der Waals surface area contributed by atoms with E-state index in [0.29, 0.717) is 12.3 Å². The monoisotopic (exact) mass is 517 g/mol. The minimum Gasteiger partial charge on any atom is -0.506 e. The maximum Gasteiger partial charge on any atom is 0.194 e. The highest BCUT2D eigenvalue weighted by atomic mass is 127. The van der Waals surface area contributed by atoms with Gasteiger partial charge in [0.2, 0.25) is 0 Å². The Kier molecular flexibility index (Phi) is 7.73. The number of phenols is 1. The van der Waals surface area contributed by atoms with Crippen molar-refractivity contribution < 1.29 is 5.11 Å². The van der Waals surface area contributed by atoms with Crippen LogP contribution in [0.4, 0.5) is 5.69 Å². The van der Waals surface area contributed by atoms with Gasteiger partial charge in [0.25, 0.3) is 0 Å². The third kappa shape index (κ3) is 4.95. The first-order valence-corrected chi connectivity index (χ1v) is 10.1. The minimum absolute atomic E-state index is 0. The summed E-state index contributed by atoms with van der Waals surface area (Å²) in [5, 5.41) is 14.7. The van der Waals surface area contributed by atoms with Crippen LogP contribution in [-0.4, -0.2) is 53.7 Å². The smallest absolute Gasteiger partial charge is 0.194 e. The fourth-order valence-corrected chi connectivity index (χ4v) is 3.77. The number of halogens is 1. The highest BCUT2D eigenvalue weighted by Crippen LogP contribution is 2.27. The first-order valence-electron chi connectivity index (χ1n) is 10.1. The Hall–Kier alpha value is -2.55. The van der Waals surface area contributed by atoms with Crippen LogP contribution in [0.25, 0.3) is 10.9 Å². The third-order valence-electron chi connectivity index (χ3n) is 5.25. The Bertz CT molecular complexity index is 996. The average Bonchev–Trinajstić information content (AvgIpc) is 2.77. The molecule has 0 radical (unpaired) electrons. The molecule has 1 aromatic heterocycles. The van der Waals surface area contributed by atoms with E-state index in [1.165, 1.54) is 0 Å². The zero-order valence-corrected chi connectivity index (χ0v) is 19.5. The van der Waals surface area contributed by atoms with Gasteiger partial charge in [-0.2, -0.15) is 0 Å². The molecule has 158 valence electrons. The van der Waals surface area contributed by atoms with Crippen molar-refractivity contribution in [1.82, 2.24) is 15.2 Å². The van der Waals surface area contributed by atoms with E-state index in [4.69, 9.17) is 4.99 Å². The van der Waals surface area contributed by atoms with E-state index in [2.05, 4.69) is 51.3 Å². The number of pyridine rings is 1. The number of phenolic OH excluding ortho intramolecular Hbond substituents is 1. The molecule has 0 saturated carbocycles. The number of guanidine groups is 1. The molecule has 2 aromatic carbocycles. The van der Waals surface area contributed by atoms with Crippen molar-refractivity contribution in [2.75, 3.05) is 37.6 Å². The summed E-state index contributed by atoms with van der Waals surface area (Å²) in [5.41, 5.74) is 3.04. The summed E-state index contributed by atoms with van der Waals surface area (Å²) in [6.07, 6.45) is 1.83. The van der Waals surface area contributed by atoms with Gasteiger partial charge < -0.3 is 20.2 Å². The van der Waals surface area contributed by atoms with Crippen molar-refractivity contribution in [1.29, 1.82) is 0 Å². The molecule has 1 saturated heterocycles. The Morgan fingerprint density at radius 2 is 1.80 bits per heavy atom. The zero-order valence-electron chi connectivity index (χ0n) is 17.2. The van der Waals surface area contributed by atoms with Crippen LogP contribution in [0.3, 0.4) is 0 Å².